The van der Waals surface area contributed by atoms with Gasteiger partial charge in [-0.15, -0.1) is 0 Å². The van der Waals surface area contributed by atoms with Crippen molar-refractivity contribution >= 4 is 0 Å². The zero-order chi connectivity index (χ0) is 9.26. The van der Waals surface area contributed by atoms with Gasteiger partial charge in [0.05, 0.1) is 5.69 Å². The van der Waals surface area contributed by atoms with Gasteiger partial charge in [-0.3, -0.25) is 0 Å². The largest absolute Gasteiger partial charge is 0.443 e. The first kappa shape index (κ1) is 8.05. The van der Waals surface area contributed by atoms with Crippen molar-refractivity contribution in [2.24, 2.45) is 0 Å². The Labute approximate surface area is 77.2 Å². The molecular weight excluding hydrogens is 162 g/mol. The van der Waals surface area contributed by atoms with Gasteiger partial charge < -0.3 is 4.42 Å². The molecule has 0 aliphatic carbocycles. The summed E-state index contributed by atoms with van der Waals surface area (Å²) in [6.07, 6.45) is 1.48. The Kier molecular flexibility index (Phi) is 1.89. The van der Waals surface area contributed by atoms with Gasteiger partial charge in [0.25, 0.3) is 0 Å². The van der Waals surface area contributed by atoms with E-state index in [9.17, 15) is 0 Å². The highest BCUT2D eigenvalue weighted by Crippen LogP contribution is 2.25. The van der Waals surface area contributed by atoms with Gasteiger partial charge in [0.2, 0.25) is 0 Å². The van der Waals surface area contributed by atoms with Crippen molar-refractivity contribution in [2.75, 3.05) is 0 Å². The fourth-order valence-corrected chi connectivity index (χ4v) is 1.39. The molecule has 2 heteroatoms. The lowest BCUT2D eigenvalue weighted by Crippen LogP contribution is -1.82. The first-order valence-corrected chi connectivity index (χ1v) is 4.25. The van der Waals surface area contributed by atoms with Crippen LogP contribution < -0.4 is 0 Å². The topological polar surface area (TPSA) is 26.0 Å². The lowest BCUT2D eigenvalue weighted by Gasteiger charge is -2.01. The molecule has 0 radical (unpaired) electrons. The summed E-state index contributed by atoms with van der Waals surface area (Å²) >= 11 is 0. The minimum absolute atomic E-state index is 0.873. The number of oxazole rings is 1. The Hall–Kier alpha value is -1.57. The quantitative estimate of drug-likeness (QED) is 0.662. The normalized spacial score (nSPS) is 10.3. The fourth-order valence-electron chi connectivity index (χ4n) is 1.39. The molecule has 0 aliphatic rings. The fraction of sp³-hybridized carbons (Fsp3) is 0.182. The summed E-state index contributed by atoms with van der Waals surface area (Å²) in [7, 11) is 0. The third-order valence-corrected chi connectivity index (χ3v) is 2.14. The predicted octanol–water partition coefficient (Wildman–Crippen LogP) is 2.96. The number of hydrogen-bond acceptors (Lipinski definition) is 2. The molecule has 0 fully saturated rings. The number of nitrogens with zero attached hydrogens (tertiary/aromatic N) is 1. The molecule has 1 aromatic carbocycles. The van der Waals surface area contributed by atoms with Crippen LogP contribution in [0.1, 0.15) is 11.3 Å². The minimum Gasteiger partial charge on any atom is -0.443 e. The van der Waals surface area contributed by atoms with Crippen molar-refractivity contribution in [3.63, 3.8) is 0 Å². The second-order valence-corrected chi connectivity index (χ2v) is 3.08. The van der Waals surface area contributed by atoms with Gasteiger partial charge in [0.15, 0.2) is 12.2 Å². The molecular formula is C11H11NO. The maximum absolute atomic E-state index is 5.32. The van der Waals surface area contributed by atoms with Gasteiger partial charge in [-0.25, -0.2) is 4.98 Å². The molecule has 2 nitrogen and oxygen atoms in total. The zero-order valence-electron chi connectivity index (χ0n) is 7.74. The molecule has 0 saturated heterocycles. The molecule has 2 rings (SSSR count). The molecule has 0 bridgehead atoms. The highest BCUT2D eigenvalue weighted by atomic mass is 16.3. The Balaban J connectivity index is 2.59. The highest BCUT2D eigenvalue weighted by molar-refractivity contribution is 5.63. The van der Waals surface area contributed by atoms with E-state index in [4.69, 9.17) is 4.42 Å². The third kappa shape index (κ3) is 1.35. The van der Waals surface area contributed by atoms with Crippen LogP contribution in [0, 0.1) is 13.8 Å². The van der Waals surface area contributed by atoms with Gasteiger partial charge in [-0.2, -0.15) is 0 Å². The molecule has 0 atom stereocenters. The average Bonchev–Trinajstić information content (AvgIpc) is 2.52. The van der Waals surface area contributed by atoms with Crippen LogP contribution in [0.4, 0.5) is 0 Å². The summed E-state index contributed by atoms with van der Waals surface area (Å²) in [5.41, 5.74) is 3.27. The van der Waals surface area contributed by atoms with Crippen LogP contribution >= 0.6 is 0 Å². The molecule has 0 saturated carbocycles. The molecule has 0 aliphatic heterocycles. The van der Waals surface area contributed by atoms with E-state index >= 15 is 0 Å². The molecule has 0 unspecified atom stereocenters. The van der Waals surface area contributed by atoms with Crippen molar-refractivity contribution < 1.29 is 4.42 Å². The standard InChI is InChI=1S/C11H11NO/c1-8-5-3-4-6-10(8)11-9(2)12-7-13-11/h3-7H,1-2H3. The van der Waals surface area contributed by atoms with Crippen molar-refractivity contribution in [1.82, 2.24) is 4.98 Å². The maximum Gasteiger partial charge on any atom is 0.181 e. The average molecular weight is 173 g/mol. The van der Waals surface area contributed by atoms with Crippen molar-refractivity contribution in [3.05, 3.63) is 41.9 Å². The third-order valence-electron chi connectivity index (χ3n) is 2.14. The summed E-state index contributed by atoms with van der Waals surface area (Å²) in [5, 5.41) is 0. The molecule has 13 heavy (non-hydrogen) atoms. The summed E-state index contributed by atoms with van der Waals surface area (Å²) in [6, 6.07) is 8.13. The molecule has 0 spiro atoms. The first-order valence-electron chi connectivity index (χ1n) is 4.25. The lowest BCUT2D eigenvalue weighted by molar-refractivity contribution is 0.571. The van der Waals surface area contributed by atoms with Crippen LogP contribution in [-0.4, -0.2) is 4.98 Å². The van der Waals surface area contributed by atoms with E-state index in [1.807, 2.05) is 25.1 Å². The van der Waals surface area contributed by atoms with Gasteiger partial charge >= 0.3 is 0 Å². The van der Waals surface area contributed by atoms with Crippen LogP contribution in [0.2, 0.25) is 0 Å². The minimum atomic E-state index is 0.873. The van der Waals surface area contributed by atoms with Crippen LogP contribution in [0.5, 0.6) is 0 Å². The number of rotatable bonds is 1. The molecule has 2 aromatic rings. The van der Waals surface area contributed by atoms with Crippen molar-refractivity contribution in [3.8, 4) is 11.3 Å². The van der Waals surface area contributed by atoms with E-state index in [0.717, 1.165) is 17.0 Å². The Morgan fingerprint density at radius 2 is 1.92 bits per heavy atom. The monoisotopic (exact) mass is 173 g/mol. The highest BCUT2D eigenvalue weighted by Gasteiger charge is 2.07. The smallest absolute Gasteiger partial charge is 0.181 e. The Morgan fingerprint density at radius 3 is 2.54 bits per heavy atom. The maximum atomic E-state index is 5.32. The van der Waals surface area contributed by atoms with E-state index in [1.165, 1.54) is 12.0 Å². The summed E-state index contributed by atoms with van der Waals surface area (Å²) in [6.45, 7) is 4.02. The van der Waals surface area contributed by atoms with Gasteiger partial charge in [-0.1, -0.05) is 24.3 Å². The molecule has 0 amide bonds. The summed E-state index contributed by atoms with van der Waals surface area (Å²) in [5.74, 6) is 0.873. The van der Waals surface area contributed by atoms with Crippen molar-refractivity contribution in [1.29, 1.82) is 0 Å². The number of aromatic nitrogens is 1. The second kappa shape index (κ2) is 3.05. The van der Waals surface area contributed by atoms with E-state index in [-0.39, 0.29) is 0 Å². The zero-order valence-corrected chi connectivity index (χ0v) is 7.74. The van der Waals surface area contributed by atoms with Crippen LogP contribution in [0.15, 0.2) is 35.1 Å². The lowest BCUT2D eigenvalue weighted by atomic mass is 10.1. The Bertz CT molecular complexity index is 418. The molecule has 66 valence electrons. The van der Waals surface area contributed by atoms with Gasteiger partial charge in [0, 0.05) is 5.56 Å². The van der Waals surface area contributed by atoms with E-state index < -0.39 is 0 Å². The summed E-state index contributed by atoms with van der Waals surface area (Å²) in [4.78, 5) is 4.07. The second-order valence-electron chi connectivity index (χ2n) is 3.08. The molecule has 1 aromatic heterocycles. The Morgan fingerprint density at radius 1 is 1.15 bits per heavy atom. The number of aryl methyl sites for hydroxylation is 2. The number of hydrogen-bond donors (Lipinski definition) is 0. The van der Waals surface area contributed by atoms with Crippen molar-refractivity contribution in [2.45, 2.75) is 13.8 Å². The van der Waals surface area contributed by atoms with Crippen LogP contribution in [-0.2, 0) is 0 Å². The van der Waals surface area contributed by atoms with Gasteiger partial charge in [-0.05, 0) is 19.4 Å². The summed E-state index contributed by atoms with van der Waals surface area (Å²) < 4.78 is 5.32. The number of benzene rings is 1. The SMILES string of the molecule is Cc1ccccc1-c1ocnc1C. The first-order chi connectivity index (χ1) is 6.29. The van der Waals surface area contributed by atoms with E-state index in [0.29, 0.717) is 0 Å². The molecule has 0 N–H and O–H groups in total. The predicted molar refractivity (Wildman–Crippen MR) is 51.4 cm³/mol. The molecule has 1 heterocycles. The van der Waals surface area contributed by atoms with Crippen LogP contribution in [0.3, 0.4) is 0 Å². The van der Waals surface area contributed by atoms with Gasteiger partial charge in [0.1, 0.15) is 0 Å². The van der Waals surface area contributed by atoms with E-state index in [2.05, 4.69) is 18.0 Å². The van der Waals surface area contributed by atoms with E-state index in [1.54, 1.807) is 0 Å². The van der Waals surface area contributed by atoms with Crippen LogP contribution in [0.25, 0.3) is 11.3 Å².